The number of aryl methyl sites for hydroxylation is 1. The van der Waals surface area contributed by atoms with E-state index in [0.717, 1.165) is 13.1 Å². The Morgan fingerprint density at radius 2 is 1.81 bits per heavy atom. The zero-order valence-corrected chi connectivity index (χ0v) is 16.0. The predicted molar refractivity (Wildman–Crippen MR) is 108 cm³/mol. The van der Waals surface area contributed by atoms with Crippen molar-refractivity contribution >= 4 is 18.3 Å². The van der Waals surface area contributed by atoms with Gasteiger partial charge in [-0.05, 0) is 36.1 Å². The molecule has 1 amide bonds. The maximum atomic E-state index is 12.3. The number of nitrogens with zero attached hydrogens (tertiary/aromatic N) is 1. The highest BCUT2D eigenvalue weighted by molar-refractivity contribution is 5.85. The molecule has 1 saturated heterocycles. The first kappa shape index (κ1) is 20.4. The normalized spacial score (nSPS) is 19.8. The average Bonchev–Trinajstić information content (AvgIpc) is 3.04. The van der Waals surface area contributed by atoms with Gasteiger partial charge in [0.2, 0.25) is 5.91 Å². The van der Waals surface area contributed by atoms with Crippen LogP contribution in [0.25, 0.3) is 0 Å². The summed E-state index contributed by atoms with van der Waals surface area (Å²) in [5, 5.41) is 3.04. The van der Waals surface area contributed by atoms with Crippen molar-refractivity contribution < 1.29 is 4.79 Å². The smallest absolute Gasteiger partial charge is 0.234 e. The molecule has 2 aromatic carbocycles. The Balaban J connectivity index is 0.00000243. The summed E-state index contributed by atoms with van der Waals surface area (Å²) in [6.07, 6.45) is 0. The number of halogens is 1. The zero-order valence-electron chi connectivity index (χ0n) is 15.2. The lowest BCUT2D eigenvalue weighted by molar-refractivity contribution is -0.122. The Kier molecular flexibility index (Phi) is 7.64. The Labute approximate surface area is 162 Å². The van der Waals surface area contributed by atoms with Gasteiger partial charge < -0.3 is 11.1 Å². The fourth-order valence-corrected chi connectivity index (χ4v) is 3.67. The van der Waals surface area contributed by atoms with Crippen molar-refractivity contribution in [3.8, 4) is 0 Å². The van der Waals surface area contributed by atoms with Crippen LogP contribution in [0.5, 0.6) is 0 Å². The summed E-state index contributed by atoms with van der Waals surface area (Å²) >= 11 is 0. The molecule has 0 spiro atoms. The number of hydrogen-bond acceptors (Lipinski definition) is 3. The van der Waals surface area contributed by atoms with E-state index in [-0.39, 0.29) is 18.3 Å². The Hall–Kier alpha value is -1.88. The van der Waals surface area contributed by atoms with Gasteiger partial charge in [-0.1, -0.05) is 54.6 Å². The van der Waals surface area contributed by atoms with E-state index in [9.17, 15) is 4.79 Å². The number of amides is 1. The van der Waals surface area contributed by atoms with Gasteiger partial charge in [-0.25, -0.2) is 0 Å². The number of carbonyl (C=O) groups is 1. The molecule has 0 bridgehead atoms. The third kappa shape index (κ3) is 5.07. The molecule has 26 heavy (non-hydrogen) atoms. The Morgan fingerprint density at radius 1 is 1.12 bits per heavy atom. The van der Waals surface area contributed by atoms with Gasteiger partial charge in [0.1, 0.15) is 0 Å². The fourth-order valence-electron chi connectivity index (χ4n) is 3.67. The summed E-state index contributed by atoms with van der Waals surface area (Å²) in [7, 11) is 0. The topological polar surface area (TPSA) is 58.4 Å². The summed E-state index contributed by atoms with van der Waals surface area (Å²) in [5.41, 5.74) is 9.67. The van der Waals surface area contributed by atoms with Gasteiger partial charge in [-0.2, -0.15) is 0 Å². The van der Waals surface area contributed by atoms with Gasteiger partial charge in [-0.3, -0.25) is 9.69 Å². The van der Waals surface area contributed by atoms with Crippen LogP contribution in [0, 0.1) is 12.8 Å². The summed E-state index contributed by atoms with van der Waals surface area (Å²) < 4.78 is 0. The number of nitrogens with two attached hydrogens (primary N) is 1. The van der Waals surface area contributed by atoms with Crippen molar-refractivity contribution in [3.63, 3.8) is 0 Å². The molecule has 1 heterocycles. The highest BCUT2D eigenvalue weighted by Gasteiger charge is 2.33. The van der Waals surface area contributed by atoms with Crippen LogP contribution in [0.1, 0.15) is 22.6 Å². The van der Waals surface area contributed by atoms with E-state index >= 15 is 0 Å². The van der Waals surface area contributed by atoms with Crippen molar-refractivity contribution in [2.24, 2.45) is 11.7 Å². The zero-order chi connectivity index (χ0) is 17.6. The first-order valence-electron chi connectivity index (χ1n) is 8.96. The van der Waals surface area contributed by atoms with E-state index in [0.29, 0.717) is 31.5 Å². The first-order chi connectivity index (χ1) is 12.2. The standard InChI is InChI=1S/C21H27N3O.ClH/c1-16-7-5-6-10-18(16)12-23-21(25)15-24-13-19(11-22)20(14-24)17-8-3-2-4-9-17;/h2-10,19-20H,11-15,22H2,1H3,(H,23,25);1H/t19-,20+;/m1./s1. The summed E-state index contributed by atoms with van der Waals surface area (Å²) in [4.78, 5) is 14.6. The Morgan fingerprint density at radius 3 is 2.50 bits per heavy atom. The molecule has 0 aliphatic carbocycles. The third-order valence-electron chi connectivity index (χ3n) is 5.15. The summed E-state index contributed by atoms with van der Waals surface area (Å²) in [6.45, 7) is 5.52. The molecule has 2 atom stereocenters. The van der Waals surface area contributed by atoms with E-state index in [2.05, 4.69) is 53.5 Å². The van der Waals surface area contributed by atoms with Crippen molar-refractivity contribution in [2.75, 3.05) is 26.2 Å². The highest BCUT2D eigenvalue weighted by Crippen LogP contribution is 2.31. The van der Waals surface area contributed by atoms with Crippen LogP contribution in [0.2, 0.25) is 0 Å². The number of likely N-dealkylation sites (tertiary alicyclic amines) is 1. The molecule has 0 saturated carbocycles. The maximum Gasteiger partial charge on any atom is 0.234 e. The third-order valence-corrected chi connectivity index (χ3v) is 5.15. The number of rotatable bonds is 6. The van der Waals surface area contributed by atoms with Gasteiger partial charge in [0.25, 0.3) is 0 Å². The Bertz CT molecular complexity index is 707. The SMILES string of the molecule is Cc1ccccc1CNC(=O)CN1C[C@@H](CN)[C@H](c2ccccc2)C1.Cl. The van der Waals surface area contributed by atoms with E-state index in [4.69, 9.17) is 5.73 Å². The second kappa shape index (κ2) is 9.72. The second-order valence-electron chi connectivity index (χ2n) is 6.91. The van der Waals surface area contributed by atoms with Gasteiger partial charge in [0, 0.05) is 25.6 Å². The number of nitrogens with one attached hydrogen (secondary N) is 1. The van der Waals surface area contributed by atoms with Crippen LogP contribution in [0.4, 0.5) is 0 Å². The maximum absolute atomic E-state index is 12.3. The molecule has 1 fully saturated rings. The number of hydrogen-bond donors (Lipinski definition) is 2. The average molecular weight is 374 g/mol. The van der Waals surface area contributed by atoms with Gasteiger partial charge in [0.15, 0.2) is 0 Å². The summed E-state index contributed by atoms with van der Waals surface area (Å²) in [5.74, 6) is 0.898. The highest BCUT2D eigenvalue weighted by atomic mass is 35.5. The quantitative estimate of drug-likeness (QED) is 0.818. The molecular weight excluding hydrogens is 346 g/mol. The van der Waals surface area contributed by atoms with Crippen molar-refractivity contribution in [1.29, 1.82) is 0 Å². The van der Waals surface area contributed by atoms with Crippen molar-refractivity contribution in [3.05, 3.63) is 71.3 Å². The van der Waals surface area contributed by atoms with Crippen LogP contribution >= 0.6 is 12.4 Å². The van der Waals surface area contributed by atoms with E-state index < -0.39 is 0 Å². The lowest BCUT2D eigenvalue weighted by Crippen LogP contribution is -2.36. The molecule has 0 aromatic heterocycles. The predicted octanol–water partition coefficient (Wildman–Crippen LogP) is 2.71. The number of benzene rings is 2. The molecule has 0 unspecified atom stereocenters. The minimum atomic E-state index is 0. The summed E-state index contributed by atoms with van der Waals surface area (Å²) in [6, 6.07) is 18.6. The fraction of sp³-hybridized carbons (Fsp3) is 0.381. The molecule has 3 N–H and O–H groups in total. The minimum absolute atomic E-state index is 0. The molecule has 3 rings (SSSR count). The largest absolute Gasteiger partial charge is 0.351 e. The molecule has 140 valence electrons. The molecule has 2 aromatic rings. The van der Waals surface area contributed by atoms with Crippen LogP contribution in [0.3, 0.4) is 0 Å². The molecule has 1 aliphatic heterocycles. The van der Waals surface area contributed by atoms with E-state index in [1.807, 2.05) is 18.2 Å². The van der Waals surface area contributed by atoms with E-state index in [1.165, 1.54) is 16.7 Å². The molecule has 0 radical (unpaired) electrons. The molecule has 1 aliphatic rings. The second-order valence-corrected chi connectivity index (χ2v) is 6.91. The van der Waals surface area contributed by atoms with Gasteiger partial charge in [-0.15, -0.1) is 12.4 Å². The van der Waals surface area contributed by atoms with Gasteiger partial charge >= 0.3 is 0 Å². The van der Waals surface area contributed by atoms with Crippen LogP contribution in [-0.4, -0.2) is 37.0 Å². The van der Waals surface area contributed by atoms with E-state index in [1.54, 1.807) is 0 Å². The van der Waals surface area contributed by atoms with Crippen molar-refractivity contribution in [2.45, 2.75) is 19.4 Å². The minimum Gasteiger partial charge on any atom is -0.351 e. The van der Waals surface area contributed by atoms with Crippen LogP contribution in [-0.2, 0) is 11.3 Å². The lowest BCUT2D eigenvalue weighted by Gasteiger charge is -2.17. The van der Waals surface area contributed by atoms with Crippen LogP contribution in [0.15, 0.2) is 54.6 Å². The monoisotopic (exact) mass is 373 g/mol. The number of carbonyl (C=O) groups excluding carboxylic acids is 1. The van der Waals surface area contributed by atoms with Crippen LogP contribution < -0.4 is 11.1 Å². The molecule has 4 nitrogen and oxygen atoms in total. The lowest BCUT2D eigenvalue weighted by atomic mass is 9.89. The van der Waals surface area contributed by atoms with Gasteiger partial charge in [0.05, 0.1) is 6.54 Å². The molecular formula is C21H28ClN3O. The molecule has 5 heteroatoms. The first-order valence-corrected chi connectivity index (χ1v) is 8.96. The van der Waals surface area contributed by atoms with Crippen molar-refractivity contribution in [1.82, 2.24) is 10.2 Å².